The van der Waals surface area contributed by atoms with E-state index in [0.29, 0.717) is 32.8 Å². The average molecular weight is 516 g/mol. The summed E-state index contributed by atoms with van der Waals surface area (Å²) >= 11 is 20.3. The number of hydrogen-bond donors (Lipinski definition) is 1. The van der Waals surface area contributed by atoms with E-state index in [1.165, 1.54) is 0 Å². The van der Waals surface area contributed by atoms with Gasteiger partial charge < -0.3 is 10.2 Å². The number of amides is 2. The largest absolute Gasteiger partial charge is 0.352 e. The van der Waals surface area contributed by atoms with Crippen LogP contribution in [0.5, 0.6) is 0 Å². The Morgan fingerprint density at radius 3 is 2.19 bits per heavy atom. The van der Waals surface area contributed by atoms with Crippen molar-refractivity contribution in [3.63, 3.8) is 0 Å². The van der Waals surface area contributed by atoms with Crippen LogP contribution in [0.3, 0.4) is 0 Å². The Morgan fingerprint density at radius 2 is 1.62 bits per heavy atom. The molecule has 0 aliphatic rings. The lowest BCUT2D eigenvalue weighted by atomic mass is 10.1. The van der Waals surface area contributed by atoms with Gasteiger partial charge in [-0.1, -0.05) is 54.7 Å². The van der Waals surface area contributed by atoms with Crippen LogP contribution in [0.15, 0.2) is 47.4 Å². The molecule has 0 aromatic heterocycles. The summed E-state index contributed by atoms with van der Waals surface area (Å²) in [5, 5.41) is 4.62. The Morgan fingerprint density at radius 1 is 1.00 bits per heavy atom. The molecule has 0 spiro atoms. The van der Waals surface area contributed by atoms with Crippen molar-refractivity contribution in [1.29, 1.82) is 0 Å². The fourth-order valence-electron chi connectivity index (χ4n) is 3.14. The van der Waals surface area contributed by atoms with Gasteiger partial charge in [-0.05, 0) is 56.2 Å². The molecule has 2 amide bonds. The summed E-state index contributed by atoms with van der Waals surface area (Å²) in [7, 11) is 0. The minimum absolute atomic E-state index is 0.0258. The van der Waals surface area contributed by atoms with Crippen LogP contribution in [0.4, 0.5) is 0 Å². The number of hydrogen-bond acceptors (Lipinski definition) is 3. The van der Waals surface area contributed by atoms with Gasteiger partial charge in [-0.15, -0.1) is 11.8 Å². The summed E-state index contributed by atoms with van der Waals surface area (Å²) in [4.78, 5) is 28.9. The van der Waals surface area contributed by atoms with Crippen molar-refractivity contribution < 1.29 is 9.59 Å². The molecule has 2 atom stereocenters. The predicted molar refractivity (Wildman–Crippen MR) is 136 cm³/mol. The van der Waals surface area contributed by atoms with E-state index in [1.54, 1.807) is 34.9 Å². The van der Waals surface area contributed by atoms with E-state index in [-0.39, 0.29) is 30.8 Å². The number of rotatable bonds is 11. The minimum Gasteiger partial charge on any atom is -0.352 e. The number of benzene rings is 2. The molecular formula is C24H29Cl3N2O2S. The fraction of sp³-hybridized carbons (Fsp3) is 0.417. The van der Waals surface area contributed by atoms with E-state index in [0.717, 1.165) is 11.3 Å². The molecule has 0 unspecified atom stereocenters. The Kier molecular flexibility index (Phi) is 11.2. The molecule has 2 rings (SSSR count). The highest BCUT2D eigenvalue weighted by Gasteiger charge is 2.30. The molecule has 0 saturated carbocycles. The standard InChI is InChI=1S/C24H29Cl3N2O2S/c1-4-16(3)28-24(31)22(5-2)29(15-19-20(26)7-6-8-21(19)27)23(30)13-14-32-18-11-9-17(25)10-12-18/h6-12,16,22H,4-5,13-15H2,1-3H3,(H,28,31)/t16-,22+/m0/s1. The monoisotopic (exact) mass is 514 g/mol. The van der Waals surface area contributed by atoms with Crippen LogP contribution in [0.1, 0.15) is 45.6 Å². The molecular weight excluding hydrogens is 487 g/mol. The SMILES string of the molecule is CC[C@H](C(=O)N[C@@H](C)CC)N(Cc1c(Cl)cccc1Cl)C(=O)CCSc1ccc(Cl)cc1. The molecule has 0 fully saturated rings. The van der Waals surface area contributed by atoms with Crippen LogP contribution in [-0.2, 0) is 16.1 Å². The second kappa shape index (κ2) is 13.3. The highest BCUT2D eigenvalue weighted by molar-refractivity contribution is 7.99. The smallest absolute Gasteiger partial charge is 0.243 e. The maximum atomic E-state index is 13.3. The molecule has 0 radical (unpaired) electrons. The topological polar surface area (TPSA) is 49.4 Å². The normalized spacial score (nSPS) is 12.8. The lowest BCUT2D eigenvalue weighted by molar-refractivity contribution is -0.141. The first-order chi connectivity index (χ1) is 15.3. The van der Waals surface area contributed by atoms with Gasteiger partial charge in [0.05, 0.1) is 0 Å². The van der Waals surface area contributed by atoms with Gasteiger partial charge in [0, 0.05) is 50.3 Å². The molecule has 0 heterocycles. The van der Waals surface area contributed by atoms with E-state index >= 15 is 0 Å². The minimum atomic E-state index is -0.607. The number of halogens is 3. The third kappa shape index (κ3) is 7.87. The first kappa shape index (κ1) is 26.8. The van der Waals surface area contributed by atoms with E-state index in [2.05, 4.69) is 5.32 Å². The molecule has 8 heteroatoms. The molecule has 32 heavy (non-hydrogen) atoms. The number of nitrogens with zero attached hydrogens (tertiary/aromatic N) is 1. The van der Waals surface area contributed by atoms with Gasteiger partial charge in [0.15, 0.2) is 0 Å². The van der Waals surface area contributed by atoms with Gasteiger partial charge in [0.25, 0.3) is 0 Å². The third-order valence-corrected chi connectivity index (χ3v) is 7.15. The van der Waals surface area contributed by atoms with E-state index in [4.69, 9.17) is 34.8 Å². The first-order valence-electron chi connectivity index (χ1n) is 10.7. The summed E-state index contributed by atoms with van der Waals surface area (Å²) in [6.45, 7) is 6.03. The van der Waals surface area contributed by atoms with Crippen molar-refractivity contribution in [1.82, 2.24) is 10.2 Å². The Balaban J connectivity index is 2.20. The van der Waals surface area contributed by atoms with E-state index in [1.807, 2.05) is 45.0 Å². The van der Waals surface area contributed by atoms with Crippen LogP contribution < -0.4 is 5.32 Å². The number of carbonyl (C=O) groups is 2. The molecule has 4 nitrogen and oxygen atoms in total. The van der Waals surface area contributed by atoms with Crippen LogP contribution in [-0.4, -0.2) is 34.6 Å². The molecule has 2 aromatic carbocycles. The van der Waals surface area contributed by atoms with Crippen LogP contribution in [0, 0.1) is 0 Å². The summed E-state index contributed by atoms with van der Waals surface area (Å²) < 4.78 is 0. The zero-order chi connectivity index (χ0) is 23.7. The molecule has 0 saturated heterocycles. The summed E-state index contributed by atoms with van der Waals surface area (Å²) in [5.41, 5.74) is 0.643. The van der Waals surface area contributed by atoms with Crippen molar-refractivity contribution in [2.45, 2.75) is 63.6 Å². The maximum Gasteiger partial charge on any atom is 0.243 e. The molecule has 0 bridgehead atoms. The average Bonchev–Trinajstić information content (AvgIpc) is 2.76. The molecule has 1 N–H and O–H groups in total. The van der Waals surface area contributed by atoms with E-state index < -0.39 is 6.04 Å². The molecule has 0 aliphatic carbocycles. The van der Waals surface area contributed by atoms with Gasteiger partial charge in [-0.3, -0.25) is 9.59 Å². The predicted octanol–water partition coefficient (Wildman–Crippen LogP) is 6.85. The van der Waals surface area contributed by atoms with Gasteiger partial charge in [-0.25, -0.2) is 0 Å². The maximum absolute atomic E-state index is 13.3. The van der Waals surface area contributed by atoms with Gasteiger partial charge >= 0.3 is 0 Å². The van der Waals surface area contributed by atoms with Crippen LogP contribution in [0.2, 0.25) is 15.1 Å². The zero-order valence-electron chi connectivity index (χ0n) is 18.5. The molecule has 0 aliphatic heterocycles. The Bertz CT molecular complexity index is 888. The van der Waals surface area contributed by atoms with Crippen molar-refractivity contribution in [2.24, 2.45) is 0 Å². The van der Waals surface area contributed by atoms with Gasteiger partial charge in [0.1, 0.15) is 6.04 Å². The van der Waals surface area contributed by atoms with Crippen LogP contribution in [0.25, 0.3) is 0 Å². The number of thioether (sulfide) groups is 1. The van der Waals surface area contributed by atoms with Gasteiger partial charge in [0.2, 0.25) is 11.8 Å². The highest BCUT2D eigenvalue weighted by atomic mass is 35.5. The Labute approximate surface area is 210 Å². The highest BCUT2D eigenvalue weighted by Crippen LogP contribution is 2.28. The van der Waals surface area contributed by atoms with Crippen molar-refractivity contribution >= 4 is 58.4 Å². The second-order valence-corrected chi connectivity index (χ2v) is 9.94. The van der Waals surface area contributed by atoms with Crippen molar-refractivity contribution in [2.75, 3.05) is 5.75 Å². The van der Waals surface area contributed by atoms with Crippen LogP contribution >= 0.6 is 46.6 Å². The van der Waals surface area contributed by atoms with E-state index in [9.17, 15) is 9.59 Å². The third-order valence-electron chi connectivity index (χ3n) is 5.18. The molecule has 2 aromatic rings. The lowest BCUT2D eigenvalue weighted by Gasteiger charge is -2.32. The summed E-state index contributed by atoms with van der Waals surface area (Å²) in [5.74, 6) is 0.300. The van der Waals surface area contributed by atoms with Crippen molar-refractivity contribution in [3.8, 4) is 0 Å². The number of nitrogens with one attached hydrogen (secondary N) is 1. The lowest BCUT2D eigenvalue weighted by Crippen LogP contribution is -2.50. The summed E-state index contributed by atoms with van der Waals surface area (Å²) in [6, 6.07) is 12.1. The molecule has 174 valence electrons. The van der Waals surface area contributed by atoms with Crippen molar-refractivity contribution in [3.05, 3.63) is 63.1 Å². The first-order valence-corrected chi connectivity index (χ1v) is 12.8. The Hall–Kier alpha value is -1.40. The number of carbonyl (C=O) groups excluding carboxylic acids is 2. The van der Waals surface area contributed by atoms with Gasteiger partial charge in [-0.2, -0.15) is 0 Å². The summed E-state index contributed by atoms with van der Waals surface area (Å²) in [6.07, 6.45) is 1.58. The quantitative estimate of drug-likeness (QED) is 0.333. The second-order valence-electron chi connectivity index (χ2n) is 7.52. The fourth-order valence-corrected chi connectivity index (χ4v) is 4.63. The zero-order valence-corrected chi connectivity index (χ0v) is 21.6.